The van der Waals surface area contributed by atoms with Crippen LogP contribution in [0.4, 0.5) is 0 Å². The SMILES string of the molecule is COc1ccc(C(OCC(CNC(=O)Cc2cc(=O)oc3cc(OC(=O)C(C)(C)C)ccc23)OP(OCCC#N)N(C(C)C)C(C)C)(c2ccccc2)c2ccc(OC)cc2)cc1. The Morgan fingerprint density at radius 2 is 1.38 bits per heavy atom. The molecule has 334 valence electrons. The first kappa shape index (κ1) is 48.4. The minimum atomic E-state index is -1.77. The van der Waals surface area contributed by atoms with Crippen molar-refractivity contribution in [2.75, 3.05) is 34.0 Å². The number of carbonyl (C=O) groups excluding carboxylic acids is 2. The van der Waals surface area contributed by atoms with Crippen LogP contribution < -0.4 is 25.2 Å². The molecule has 2 unspecified atom stereocenters. The molecule has 1 N–H and O–H groups in total. The number of amides is 1. The Kier molecular flexibility index (Phi) is 17.0. The first-order valence-electron chi connectivity index (χ1n) is 20.9. The molecule has 0 radical (unpaired) electrons. The maximum atomic E-state index is 13.9. The summed E-state index contributed by atoms with van der Waals surface area (Å²) < 4.78 is 44.6. The monoisotopic (exact) mass is 879 g/mol. The predicted molar refractivity (Wildman–Crippen MR) is 243 cm³/mol. The molecule has 63 heavy (non-hydrogen) atoms. The third-order valence-corrected chi connectivity index (χ3v) is 12.2. The van der Waals surface area contributed by atoms with Gasteiger partial charge in [0.05, 0.1) is 51.8 Å². The van der Waals surface area contributed by atoms with E-state index >= 15 is 0 Å². The zero-order chi connectivity index (χ0) is 45.7. The highest BCUT2D eigenvalue weighted by Gasteiger charge is 2.40. The van der Waals surface area contributed by atoms with Crippen molar-refractivity contribution in [3.8, 4) is 23.3 Å². The van der Waals surface area contributed by atoms with Gasteiger partial charge < -0.3 is 37.7 Å². The quantitative estimate of drug-likeness (QED) is 0.0186. The van der Waals surface area contributed by atoms with E-state index in [1.807, 2.05) is 107 Å². The minimum Gasteiger partial charge on any atom is -0.497 e. The molecule has 0 bridgehead atoms. The molecule has 5 aromatic rings. The lowest BCUT2D eigenvalue weighted by Gasteiger charge is -2.39. The van der Waals surface area contributed by atoms with E-state index in [0.717, 1.165) is 16.7 Å². The minimum absolute atomic E-state index is 0.00641. The fraction of sp³-hybridized carbons (Fsp3) is 0.388. The van der Waals surface area contributed by atoms with Crippen molar-refractivity contribution in [1.29, 1.82) is 5.26 Å². The summed E-state index contributed by atoms with van der Waals surface area (Å²) >= 11 is 0. The van der Waals surface area contributed by atoms with Gasteiger partial charge in [0.25, 0.3) is 8.53 Å². The average molecular weight is 880 g/mol. The number of carbonyl (C=O) groups is 2. The van der Waals surface area contributed by atoms with Gasteiger partial charge in [-0.1, -0.05) is 54.6 Å². The number of hydrogen-bond acceptors (Lipinski definition) is 12. The van der Waals surface area contributed by atoms with E-state index in [4.69, 9.17) is 32.4 Å². The summed E-state index contributed by atoms with van der Waals surface area (Å²) in [6, 6.07) is 33.4. The van der Waals surface area contributed by atoms with Crippen molar-refractivity contribution in [3.05, 3.63) is 136 Å². The van der Waals surface area contributed by atoms with Gasteiger partial charge in [-0.15, -0.1) is 0 Å². The summed E-state index contributed by atoms with van der Waals surface area (Å²) in [5.41, 5.74) is 0.473. The highest BCUT2D eigenvalue weighted by molar-refractivity contribution is 7.44. The first-order chi connectivity index (χ1) is 30.1. The Bertz CT molecular complexity index is 2320. The Balaban J connectivity index is 1.52. The third kappa shape index (κ3) is 12.5. The van der Waals surface area contributed by atoms with Crippen LogP contribution in [0.5, 0.6) is 17.2 Å². The number of nitrogens with one attached hydrogen (secondary N) is 1. The Morgan fingerprint density at radius 3 is 1.92 bits per heavy atom. The molecular formula is C49H58N3O10P. The van der Waals surface area contributed by atoms with Gasteiger partial charge in [-0.05, 0) is 107 Å². The molecular weight excluding hydrogens is 822 g/mol. The number of esters is 1. The number of methoxy groups -OCH3 is 2. The zero-order valence-corrected chi connectivity index (χ0v) is 38.4. The molecule has 2 atom stereocenters. The molecule has 0 spiro atoms. The molecule has 0 fully saturated rings. The molecule has 14 heteroatoms. The second kappa shape index (κ2) is 22.1. The number of fused-ring (bicyclic) bond motifs is 1. The van der Waals surface area contributed by atoms with E-state index in [0.29, 0.717) is 22.4 Å². The topological polar surface area (TPSA) is 159 Å². The Hall–Kier alpha value is -5.61. The molecule has 0 aliphatic carbocycles. The molecule has 1 aromatic heterocycles. The van der Waals surface area contributed by atoms with Crippen LogP contribution >= 0.6 is 8.53 Å². The first-order valence-corrected chi connectivity index (χ1v) is 22.0. The Morgan fingerprint density at radius 1 is 0.810 bits per heavy atom. The summed E-state index contributed by atoms with van der Waals surface area (Å²) in [6.45, 7) is 13.5. The van der Waals surface area contributed by atoms with E-state index < -0.39 is 43.1 Å². The lowest BCUT2D eigenvalue weighted by atomic mass is 9.80. The normalized spacial score (nSPS) is 12.9. The van der Waals surface area contributed by atoms with E-state index in [9.17, 15) is 19.6 Å². The van der Waals surface area contributed by atoms with Crippen LogP contribution in [-0.2, 0) is 35.4 Å². The van der Waals surface area contributed by atoms with Gasteiger partial charge >= 0.3 is 11.6 Å². The van der Waals surface area contributed by atoms with Crippen molar-refractivity contribution < 1.29 is 42.0 Å². The summed E-state index contributed by atoms with van der Waals surface area (Å²) in [5.74, 6) is 0.732. The van der Waals surface area contributed by atoms with Crippen LogP contribution in [0.25, 0.3) is 11.0 Å². The van der Waals surface area contributed by atoms with Crippen LogP contribution in [0.15, 0.2) is 112 Å². The molecule has 13 nitrogen and oxygen atoms in total. The molecule has 0 aliphatic heterocycles. The summed E-state index contributed by atoms with van der Waals surface area (Å²) in [7, 11) is 1.45. The predicted octanol–water partition coefficient (Wildman–Crippen LogP) is 9.09. The number of ether oxygens (including phenoxy) is 4. The smallest absolute Gasteiger partial charge is 0.336 e. The largest absolute Gasteiger partial charge is 0.497 e. The van der Waals surface area contributed by atoms with Crippen molar-refractivity contribution in [3.63, 3.8) is 0 Å². The van der Waals surface area contributed by atoms with E-state index in [1.54, 1.807) is 47.1 Å². The van der Waals surface area contributed by atoms with Gasteiger partial charge in [-0.3, -0.25) is 9.59 Å². The van der Waals surface area contributed by atoms with Crippen molar-refractivity contribution >= 4 is 31.4 Å². The molecule has 1 amide bonds. The molecule has 0 saturated carbocycles. The Labute approximate surface area is 371 Å². The average Bonchev–Trinajstić information content (AvgIpc) is 3.25. The number of nitrogens with zero attached hydrogens (tertiary/aromatic N) is 2. The summed E-state index contributed by atoms with van der Waals surface area (Å²) in [6.07, 6.45) is -0.796. The van der Waals surface area contributed by atoms with Crippen LogP contribution in [0, 0.1) is 16.7 Å². The fourth-order valence-corrected chi connectivity index (χ4v) is 8.68. The fourth-order valence-electron chi connectivity index (χ4n) is 6.98. The highest BCUT2D eigenvalue weighted by atomic mass is 31.2. The summed E-state index contributed by atoms with van der Waals surface area (Å²) in [4.78, 5) is 39.2. The van der Waals surface area contributed by atoms with Crippen molar-refractivity contribution in [1.82, 2.24) is 9.99 Å². The van der Waals surface area contributed by atoms with Gasteiger partial charge in [0.1, 0.15) is 34.5 Å². The van der Waals surface area contributed by atoms with E-state index in [-0.39, 0.29) is 56.0 Å². The zero-order valence-electron chi connectivity index (χ0n) is 37.5. The van der Waals surface area contributed by atoms with Crippen molar-refractivity contribution in [2.45, 2.75) is 85.1 Å². The molecule has 0 saturated heterocycles. The highest BCUT2D eigenvalue weighted by Crippen LogP contribution is 2.48. The summed E-state index contributed by atoms with van der Waals surface area (Å²) in [5, 5.41) is 12.9. The third-order valence-electron chi connectivity index (χ3n) is 10.1. The second-order valence-electron chi connectivity index (χ2n) is 16.5. The van der Waals surface area contributed by atoms with Gasteiger partial charge in [-0.2, -0.15) is 5.26 Å². The van der Waals surface area contributed by atoms with Crippen LogP contribution in [0.3, 0.4) is 0 Å². The van der Waals surface area contributed by atoms with Gasteiger partial charge in [0, 0.05) is 36.1 Å². The lowest BCUT2D eigenvalue weighted by Crippen LogP contribution is -2.42. The molecule has 5 rings (SSSR count). The number of hydrogen-bond donors (Lipinski definition) is 1. The maximum Gasteiger partial charge on any atom is 0.336 e. The number of benzene rings is 4. The van der Waals surface area contributed by atoms with Crippen molar-refractivity contribution in [2.24, 2.45) is 5.41 Å². The molecule has 0 aliphatic rings. The number of nitriles is 1. The second-order valence-corrected chi connectivity index (χ2v) is 17.9. The molecule has 1 heterocycles. The van der Waals surface area contributed by atoms with Crippen LogP contribution in [0.1, 0.15) is 77.1 Å². The molecule has 4 aromatic carbocycles. The van der Waals surface area contributed by atoms with E-state index in [1.165, 1.54) is 12.1 Å². The maximum absolute atomic E-state index is 13.9. The van der Waals surface area contributed by atoms with Crippen LogP contribution in [0.2, 0.25) is 0 Å². The lowest BCUT2D eigenvalue weighted by molar-refractivity contribution is -0.143. The standard InChI is InChI=1S/C49H58N3O10P/c1-33(2)52(34(3)4)63(59-27-13-26-50)62-42(31-51-45(53)28-35-29-46(54)61-44-30-41(24-25-43(35)44)60-47(55)48(5,6)7)32-58-49(36-14-11-10-12-15-36,37-16-20-39(56-8)21-17-37)38-18-22-40(57-9)23-19-38/h10-12,14-25,29-30,33-34,42H,13,27-28,31-32H2,1-9H3,(H,51,53). The number of rotatable bonds is 21. The van der Waals surface area contributed by atoms with E-state index in [2.05, 4.69) is 16.1 Å². The van der Waals surface area contributed by atoms with Gasteiger partial charge in [0.15, 0.2) is 0 Å². The van der Waals surface area contributed by atoms with Gasteiger partial charge in [0.2, 0.25) is 5.91 Å². The van der Waals surface area contributed by atoms with Crippen LogP contribution in [-0.4, -0.2) is 68.7 Å². The van der Waals surface area contributed by atoms with Gasteiger partial charge in [-0.25, -0.2) is 9.46 Å².